The molecular weight excluding hydrogens is 250 g/mol. The van der Waals surface area contributed by atoms with Gasteiger partial charge in [0.15, 0.2) is 0 Å². The molecule has 0 aliphatic heterocycles. The minimum absolute atomic E-state index is 0.721. The highest BCUT2D eigenvalue weighted by atomic mass is 79.9. The van der Waals surface area contributed by atoms with E-state index in [1.807, 2.05) is 7.05 Å². The fourth-order valence-corrected chi connectivity index (χ4v) is 1.98. The first kappa shape index (κ1) is 12.7. The molecular formula is C13H20BrN. The van der Waals surface area contributed by atoms with Crippen molar-refractivity contribution in [1.29, 1.82) is 0 Å². The third-order valence-electron chi connectivity index (χ3n) is 2.97. The van der Waals surface area contributed by atoms with E-state index in [9.17, 15) is 0 Å². The third kappa shape index (κ3) is 4.35. The Hall–Kier alpha value is -0.340. The van der Waals surface area contributed by atoms with Crippen molar-refractivity contribution < 1.29 is 0 Å². The van der Waals surface area contributed by atoms with Gasteiger partial charge in [0.05, 0.1) is 0 Å². The predicted octanol–water partition coefficient (Wildman–Crippen LogP) is 3.48. The van der Waals surface area contributed by atoms with Crippen molar-refractivity contribution in [2.24, 2.45) is 11.8 Å². The van der Waals surface area contributed by atoms with E-state index in [4.69, 9.17) is 0 Å². The van der Waals surface area contributed by atoms with Crippen molar-refractivity contribution in [3.63, 3.8) is 0 Å². The summed E-state index contributed by atoms with van der Waals surface area (Å²) in [5.41, 5.74) is 1.42. The summed E-state index contributed by atoms with van der Waals surface area (Å²) < 4.78 is 1.15. The number of nitrogens with one attached hydrogen (secondary N) is 1. The zero-order chi connectivity index (χ0) is 11.3. The van der Waals surface area contributed by atoms with Crippen LogP contribution >= 0.6 is 15.9 Å². The number of halogens is 1. The van der Waals surface area contributed by atoms with Gasteiger partial charge in [-0.15, -0.1) is 0 Å². The molecule has 1 aromatic rings. The van der Waals surface area contributed by atoms with Gasteiger partial charge in [0, 0.05) is 4.47 Å². The van der Waals surface area contributed by atoms with Crippen LogP contribution in [0.4, 0.5) is 0 Å². The van der Waals surface area contributed by atoms with E-state index in [2.05, 4.69) is 59.4 Å². The van der Waals surface area contributed by atoms with Crippen molar-refractivity contribution >= 4 is 15.9 Å². The van der Waals surface area contributed by atoms with E-state index in [-0.39, 0.29) is 0 Å². The van der Waals surface area contributed by atoms with Gasteiger partial charge in [-0.25, -0.2) is 0 Å². The van der Waals surface area contributed by atoms with Gasteiger partial charge in [0.2, 0.25) is 0 Å². The molecule has 0 amide bonds. The summed E-state index contributed by atoms with van der Waals surface area (Å²) >= 11 is 3.46. The molecule has 0 saturated carbocycles. The Kier molecular flexibility index (Phi) is 5.34. The summed E-state index contributed by atoms with van der Waals surface area (Å²) in [6.07, 6.45) is 1.16. The maximum absolute atomic E-state index is 3.46. The van der Waals surface area contributed by atoms with Gasteiger partial charge < -0.3 is 5.32 Å². The van der Waals surface area contributed by atoms with Gasteiger partial charge in [0.25, 0.3) is 0 Å². The van der Waals surface area contributed by atoms with Crippen molar-refractivity contribution in [3.05, 3.63) is 34.3 Å². The van der Waals surface area contributed by atoms with Crippen molar-refractivity contribution in [3.8, 4) is 0 Å². The van der Waals surface area contributed by atoms with Crippen LogP contribution in [0.25, 0.3) is 0 Å². The maximum atomic E-state index is 3.46. The maximum Gasteiger partial charge on any atom is 0.0175 e. The third-order valence-corrected chi connectivity index (χ3v) is 3.50. The summed E-state index contributed by atoms with van der Waals surface area (Å²) in [7, 11) is 2.02. The monoisotopic (exact) mass is 269 g/mol. The second-order valence-electron chi connectivity index (χ2n) is 4.34. The second kappa shape index (κ2) is 6.29. The normalized spacial score (nSPS) is 14.9. The van der Waals surface area contributed by atoms with E-state index in [0.717, 1.165) is 29.3 Å². The number of rotatable bonds is 5. The standard InChI is InChI=1S/C13H20BrN/c1-10(11(2)9-15-3)8-12-4-6-13(14)7-5-12/h4-7,10-11,15H,8-9H2,1-3H3. The van der Waals surface area contributed by atoms with Crippen LogP contribution in [-0.4, -0.2) is 13.6 Å². The zero-order valence-corrected chi connectivity index (χ0v) is 11.3. The fourth-order valence-electron chi connectivity index (χ4n) is 1.72. The van der Waals surface area contributed by atoms with Gasteiger partial charge in [-0.05, 0) is 49.5 Å². The van der Waals surface area contributed by atoms with Crippen LogP contribution in [0.2, 0.25) is 0 Å². The molecule has 1 rings (SSSR count). The second-order valence-corrected chi connectivity index (χ2v) is 5.26. The van der Waals surface area contributed by atoms with Crippen LogP contribution in [0.5, 0.6) is 0 Å². The lowest BCUT2D eigenvalue weighted by molar-refractivity contribution is 0.374. The summed E-state index contributed by atoms with van der Waals surface area (Å²) in [5.74, 6) is 1.44. The van der Waals surface area contributed by atoms with Crippen LogP contribution in [0.3, 0.4) is 0 Å². The molecule has 0 aliphatic carbocycles. The molecule has 0 radical (unpaired) electrons. The van der Waals surface area contributed by atoms with Crippen molar-refractivity contribution in [2.75, 3.05) is 13.6 Å². The van der Waals surface area contributed by atoms with E-state index in [1.165, 1.54) is 5.56 Å². The van der Waals surface area contributed by atoms with Crippen LogP contribution in [0, 0.1) is 11.8 Å². The van der Waals surface area contributed by atoms with Crippen molar-refractivity contribution in [2.45, 2.75) is 20.3 Å². The summed E-state index contributed by atoms with van der Waals surface area (Å²) in [6.45, 7) is 5.72. The molecule has 0 aliphatic rings. The molecule has 0 aromatic heterocycles. The lowest BCUT2D eigenvalue weighted by atomic mass is 9.90. The Morgan fingerprint density at radius 2 is 1.73 bits per heavy atom. The molecule has 1 nitrogen and oxygen atoms in total. The first-order valence-electron chi connectivity index (χ1n) is 5.52. The van der Waals surface area contributed by atoms with E-state index >= 15 is 0 Å². The van der Waals surface area contributed by atoms with Crippen molar-refractivity contribution in [1.82, 2.24) is 5.32 Å². The smallest absolute Gasteiger partial charge is 0.0175 e. The average Bonchev–Trinajstić information content (AvgIpc) is 2.22. The van der Waals surface area contributed by atoms with E-state index < -0.39 is 0 Å². The summed E-state index contributed by atoms with van der Waals surface area (Å²) in [6, 6.07) is 8.63. The van der Waals surface area contributed by atoms with Gasteiger partial charge in [0.1, 0.15) is 0 Å². The van der Waals surface area contributed by atoms with Gasteiger partial charge in [-0.2, -0.15) is 0 Å². The molecule has 1 aromatic carbocycles. The molecule has 2 unspecified atom stereocenters. The number of hydrogen-bond acceptors (Lipinski definition) is 1. The van der Waals surface area contributed by atoms with Crippen LogP contribution in [-0.2, 0) is 6.42 Å². The van der Waals surface area contributed by atoms with E-state index in [1.54, 1.807) is 0 Å². The zero-order valence-electron chi connectivity index (χ0n) is 9.76. The summed E-state index contributed by atoms with van der Waals surface area (Å²) in [4.78, 5) is 0. The SMILES string of the molecule is CNCC(C)C(C)Cc1ccc(Br)cc1. The molecule has 0 heterocycles. The average molecular weight is 270 g/mol. The van der Waals surface area contributed by atoms with Gasteiger partial charge in [-0.1, -0.05) is 41.9 Å². The quantitative estimate of drug-likeness (QED) is 0.863. The lowest BCUT2D eigenvalue weighted by Gasteiger charge is -2.19. The first-order chi connectivity index (χ1) is 7.13. The first-order valence-corrected chi connectivity index (χ1v) is 6.31. The molecule has 0 saturated heterocycles. The minimum atomic E-state index is 0.721. The van der Waals surface area contributed by atoms with Gasteiger partial charge in [-0.3, -0.25) is 0 Å². The van der Waals surface area contributed by atoms with Crippen LogP contribution < -0.4 is 5.32 Å². The Morgan fingerprint density at radius 1 is 1.13 bits per heavy atom. The Morgan fingerprint density at radius 3 is 2.27 bits per heavy atom. The molecule has 1 N–H and O–H groups in total. The Balaban J connectivity index is 2.50. The number of benzene rings is 1. The highest BCUT2D eigenvalue weighted by Crippen LogP contribution is 2.18. The highest BCUT2D eigenvalue weighted by Gasteiger charge is 2.11. The fraction of sp³-hybridized carbons (Fsp3) is 0.538. The number of hydrogen-bond donors (Lipinski definition) is 1. The largest absolute Gasteiger partial charge is 0.319 e. The molecule has 0 bridgehead atoms. The lowest BCUT2D eigenvalue weighted by Crippen LogP contribution is -2.23. The molecule has 84 valence electrons. The molecule has 15 heavy (non-hydrogen) atoms. The molecule has 2 heteroatoms. The Labute approximate surface area is 101 Å². The minimum Gasteiger partial charge on any atom is -0.319 e. The predicted molar refractivity (Wildman–Crippen MR) is 70.1 cm³/mol. The molecule has 0 fully saturated rings. The summed E-state index contributed by atoms with van der Waals surface area (Å²) in [5, 5.41) is 3.24. The Bertz CT molecular complexity index is 281. The molecule has 2 atom stereocenters. The highest BCUT2D eigenvalue weighted by molar-refractivity contribution is 9.10. The van der Waals surface area contributed by atoms with Crippen LogP contribution in [0.15, 0.2) is 28.7 Å². The topological polar surface area (TPSA) is 12.0 Å². The molecule has 0 spiro atoms. The van der Waals surface area contributed by atoms with E-state index in [0.29, 0.717) is 0 Å². The van der Waals surface area contributed by atoms with Gasteiger partial charge >= 0.3 is 0 Å². The van der Waals surface area contributed by atoms with Crippen LogP contribution in [0.1, 0.15) is 19.4 Å².